The maximum absolute atomic E-state index is 11.9. The maximum atomic E-state index is 11.9. The summed E-state index contributed by atoms with van der Waals surface area (Å²) in [6.45, 7) is 9.21. The van der Waals surface area contributed by atoms with E-state index in [1.807, 2.05) is 33.8 Å². The number of alkyl carbamates (subject to hydrolysis) is 1. The number of aryl methyl sites for hydroxylation is 1. The Morgan fingerprint density at radius 2 is 2.04 bits per heavy atom. The van der Waals surface area contributed by atoms with E-state index in [1.165, 1.54) is 7.05 Å². The van der Waals surface area contributed by atoms with Gasteiger partial charge in [0.2, 0.25) is 5.91 Å². The molecule has 0 bridgehead atoms. The number of hydrogen-bond donors (Lipinski definition) is 2. The van der Waals surface area contributed by atoms with Gasteiger partial charge >= 0.3 is 6.09 Å². The van der Waals surface area contributed by atoms with E-state index in [4.69, 9.17) is 9.26 Å². The van der Waals surface area contributed by atoms with Crippen LogP contribution in [0.25, 0.3) is 0 Å². The first kappa shape index (κ1) is 19.0. The van der Waals surface area contributed by atoms with E-state index < -0.39 is 17.7 Å². The lowest BCUT2D eigenvalue weighted by molar-refractivity contribution is -0.122. The molecule has 2 unspecified atom stereocenters. The van der Waals surface area contributed by atoms with Gasteiger partial charge in [-0.25, -0.2) is 4.79 Å². The zero-order valence-electron chi connectivity index (χ0n) is 14.7. The van der Waals surface area contributed by atoms with Gasteiger partial charge in [0.1, 0.15) is 17.4 Å². The fourth-order valence-electron chi connectivity index (χ4n) is 2.11. The van der Waals surface area contributed by atoms with Crippen molar-refractivity contribution in [1.82, 2.24) is 15.8 Å². The van der Waals surface area contributed by atoms with Crippen molar-refractivity contribution in [1.29, 1.82) is 0 Å². The number of carbonyl (C=O) groups excluding carboxylic acids is 2. The Morgan fingerprint density at radius 3 is 2.57 bits per heavy atom. The highest BCUT2D eigenvalue weighted by Gasteiger charge is 2.26. The second kappa shape index (κ2) is 7.99. The number of ether oxygens (including phenoxy) is 1. The van der Waals surface area contributed by atoms with Gasteiger partial charge in [-0.05, 0) is 40.5 Å². The predicted molar refractivity (Wildman–Crippen MR) is 86.1 cm³/mol. The molecule has 1 heterocycles. The first-order valence-corrected chi connectivity index (χ1v) is 7.79. The average molecular weight is 325 g/mol. The minimum Gasteiger partial charge on any atom is -0.444 e. The Hall–Kier alpha value is -2.05. The zero-order chi connectivity index (χ0) is 17.6. The fourth-order valence-corrected chi connectivity index (χ4v) is 2.11. The number of hydrogen-bond acceptors (Lipinski definition) is 5. The number of carbonyl (C=O) groups is 2. The van der Waals surface area contributed by atoms with E-state index >= 15 is 0 Å². The molecule has 0 aliphatic rings. The van der Waals surface area contributed by atoms with Crippen LogP contribution in [0.5, 0.6) is 0 Å². The second-order valence-electron chi connectivity index (χ2n) is 6.44. The summed E-state index contributed by atoms with van der Waals surface area (Å²) in [7, 11) is 1.52. The van der Waals surface area contributed by atoms with E-state index in [0.717, 1.165) is 17.9 Å². The molecule has 1 rings (SSSR count). The van der Waals surface area contributed by atoms with Crippen LogP contribution in [0, 0.1) is 6.92 Å². The molecule has 1 aromatic heterocycles. The molecule has 0 fully saturated rings. The highest BCUT2D eigenvalue weighted by atomic mass is 16.6. The molecule has 130 valence electrons. The lowest BCUT2D eigenvalue weighted by Gasteiger charge is -2.27. The van der Waals surface area contributed by atoms with E-state index in [0.29, 0.717) is 6.42 Å². The molecule has 2 amide bonds. The SMILES string of the molecule is CNC(=O)C(C)NC(=O)OC(C)(C)CCC(C)c1cc(C)no1. The minimum atomic E-state index is -0.643. The minimum absolute atomic E-state index is 0.187. The molecule has 7 heteroatoms. The number of likely N-dealkylation sites (N-methyl/N-ethyl adjacent to an activating group) is 1. The highest BCUT2D eigenvalue weighted by Crippen LogP contribution is 2.26. The van der Waals surface area contributed by atoms with Gasteiger partial charge in [0.15, 0.2) is 0 Å². The van der Waals surface area contributed by atoms with E-state index in [-0.39, 0.29) is 11.8 Å². The molecule has 0 spiro atoms. The molecule has 2 N–H and O–H groups in total. The molecule has 23 heavy (non-hydrogen) atoms. The first-order chi connectivity index (χ1) is 10.6. The van der Waals surface area contributed by atoms with Crippen molar-refractivity contribution in [2.45, 2.75) is 65.0 Å². The second-order valence-corrected chi connectivity index (χ2v) is 6.44. The summed E-state index contributed by atoms with van der Waals surface area (Å²) >= 11 is 0. The predicted octanol–water partition coefficient (Wildman–Crippen LogP) is 2.51. The van der Waals surface area contributed by atoms with Gasteiger partial charge in [0, 0.05) is 19.0 Å². The van der Waals surface area contributed by atoms with Crippen LogP contribution in [-0.4, -0.2) is 35.8 Å². The summed E-state index contributed by atoms with van der Waals surface area (Å²) in [6, 6.07) is 1.27. The van der Waals surface area contributed by atoms with Crippen LogP contribution >= 0.6 is 0 Å². The molecular formula is C16H27N3O4. The normalized spacial score (nSPS) is 14.0. The monoisotopic (exact) mass is 325 g/mol. The van der Waals surface area contributed by atoms with Crippen molar-refractivity contribution in [3.63, 3.8) is 0 Å². The van der Waals surface area contributed by atoms with Crippen LogP contribution in [-0.2, 0) is 9.53 Å². The summed E-state index contributed by atoms with van der Waals surface area (Å²) in [6.07, 6.45) is 0.851. The maximum Gasteiger partial charge on any atom is 0.408 e. The van der Waals surface area contributed by atoms with Crippen LogP contribution in [0.1, 0.15) is 57.9 Å². The number of nitrogens with one attached hydrogen (secondary N) is 2. The highest BCUT2D eigenvalue weighted by molar-refractivity contribution is 5.84. The molecule has 0 aromatic carbocycles. The van der Waals surface area contributed by atoms with Gasteiger partial charge < -0.3 is 19.9 Å². The Bertz CT molecular complexity index is 539. The first-order valence-electron chi connectivity index (χ1n) is 7.79. The Balaban J connectivity index is 2.45. The molecule has 0 radical (unpaired) electrons. The molecule has 0 saturated carbocycles. The van der Waals surface area contributed by atoms with E-state index in [2.05, 4.69) is 15.8 Å². The zero-order valence-corrected chi connectivity index (χ0v) is 14.7. The summed E-state index contributed by atoms with van der Waals surface area (Å²) in [5.74, 6) is 0.747. The van der Waals surface area contributed by atoms with Crippen LogP contribution in [0.4, 0.5) is 4.79 Å². The summed E-state index contributed by atoms with van der Waals surface area (Å²) in [5, 5.41) is 8.85. The van der Waals surface area contributed by atoms with Crippen LogP contribution in [0.2, 0.25) is 0 Å². The van der Waals surface area contributed by atoms with Crippen molar-refractivity contribution in [2.24, 2.45) is 0 Å². The lowest BCUT2D eigenvalue weighted by Crippen LogP contribution is -2.46. The molecule has 2 atom stereocenters. The van der Waals surface area contributed by atoms with Gasteiger partial charge in [-0.15, -0.1) is 0 Å². The molecule has 1 aromatic rings. The smallest absolute Gasteiger partial charge is 0.408 e. The molecule has 0 aliphatic heterocycles. The Kier molecular flexibility index (Phi) is 6.60. The molecule has 0 saturated heterocycles. The standard InChI is InChI=1S/C16H27N3O4/c1-10(13-9-11(2)19-23-13)7-8-16(4,5)22-15(21)18-12(3)14(20)17-6/h9-10,12H,7-8H2,1-6H3,(H,17,20)(H,18,21). The van der Waals surface area contributed by atoms with Gasteiger partial charge in [0.25, 0.3) is 0 Å². The van der Waals surface area contributed by atoms with Gasteiger partial charge in [-0.3, -0.25) is 4.79 Å². The topological polar surface area (TPSA) is 93.5 Å². The molecular weight excluding hydrogens is 298 g/mol. The fraction of sp³-hybridized carbons (Fsp3) is 0.688. The Labute approximate surface area is 137 Å². The quantitative estimate of drug-likeness (QED) is 0.803. The van der Waals surface area contributed by atoms with Gasteiger partial charge in [-0.2, -0.15) is 0 Å². The number of rotatable bonds is 7. The summed E-state index contributed by atoms with van der Waals surface area (Å²) < 4.78 is 10.7. The third kappa shape index (κ3) is 6.30. The summed E-state index contributed by atoms with van der Waals surface area (Å²) in [4.78, 5) is 23.3. The average Bonchev–Trinajstić information content (AvgIpc) is 2.89. The number of aromatic nitrogens is 1. The van der Waals surface area contributed by atoms with Crippen molar-refractivity contribution in [3.05, 3.63) is 17.5 Å². The van der Waals surface area contributed by atoms with Crippen LogP contribution in [0.3, 0.4) is 0 Å². The van der Waals surface area contributed by atoms with Gasteiger partial charge in [0.05, 0.1) is 5.69 Å². The van der Waals surface area contributed by atoms with E-state index in [9.17, 15) is 9.59 Å². The van der Waals surface area contributed by atoms with Crippen LogP contribution < -0.4 is 10.6 Å². The van der Waals surface area contributed by atoms with Crippen molar-refractivity contribution < 1.29 is 18.8 Å². The largest absolute Gasteiger partial charge is 0.444 e. The van der Waals surface area contributed by atoms with Crippen LogP contribution in [0.15, 0.2) is 10.6 Å². The number of amides is 2. The Morgan fingerprint density at radius 1 is 1.39 bits per heavy atom. The van der Waals surface area contributed by atoms with E-state index in [1.54, 1.807) is 6.92 Å². The van der Waals surface area contributed by atoms with Crippen molar-refractivity contribution in [3.8, 4) is 0 Å². The number of nitrogens with zero attached hydrogens (tertiary/aromatic N) is 1. The third-order valence-electron chi connectivity index (χ3n) is 3.65. The van der Waals surface area contributed by atoms with Gasteiger partial charge in [-0.1, -0.05) is 12.1 Å². The molecule has 0 aliphatic carbocycles. The van der Waals surface area contributed by atoms with Crippen molar-refractivity contribution in [2.75, 3.05) is 7.05 Å². The molecule has 7 nitrogen and oxygen atoms in total. The van der Waals surface area contributed by atoms with Crippen molar-refractivity contribution >= 4 is 12.0 Å². The third-order valence-corrected chi connectivity index (χ3v) is 3.65. The lowest BCUT2D eigenvalue weighted by atomic mass is 9.94. The summed E-state index contributed by atoms with van der Waals surface area (Å²) in [5.41, 5.74) is 0.209.